The third-order valence-electron chi connectivity index (χ3n) is 4.73. The molecule has 0 bridgehead atoms. The fourth-order valence-corrected chi connectivity index (χ4v) is 4.23. The molecule has 7 heteroatoms. The van der Waals surface area contributed by atoms with Crippen LogP contribution in [0, 0.1) is 0 Å². The lowest BCUT2D eigenvalue weighted by atomic mass is 10.0. The molecule has 0 spiro atoms. The van der Waals surface area contributed by atoms with Crippen LogP contribution in [0.1, 0.15) is 42.7 Å². The molecule has 3 amide bonds. The third-order valence-corrected chi connectivity index (χ3v) is 5.71. The van der Waals surface area contributed by atoms with Crippen LogP contribution in [0.2, 0.25) is 0 Å². The molecule has 0 aliphatic carbocycles. The molecule has 0 radical (unpaired) electrons. The summed E-state index contributed by atoms with van der Waals surface area (Å²) >= 11 is 1.50. The number of aryl methyl sites for hydroxylation is 1. The number of carbonyl (C=O) groups excluding carboxylic acids is 3. The Morgan fingerprint density at radius 2 is 2.00 bits per heavy atom. The fourth-order valence-electron chi connectivity index (χ4n) is 3.45. The van der Waals surface area contributed by atoms with Crippen molar-refractivity contribution in [2.45, 2.75) is 38.6 Å². The van der Waals surface area contributed by atoms with Crippen molar-refractivity contribution >= 4 is 34.7 Å². The molecule has 0 saturated heterocycles. The Labute approximate surface area is 168 Å². The molecule has 28 heavy (non-hydrogen) atoms. The van der Waals surface area contributed by atoms with Gasteiger partial charge in [0.15, 0.2) is 0 Å². The van der Waals surface area contributed by atoms with Crippen molar-refractivity contribution < 1.29 is 14.4 Å². The van der Waals surface area contributed by atoms with Crippen LogP contribution in [0.5, 0.6) is 0 Å². The Morgan fingerprint density at radius 1 is 1.18 bits per heavy atom. The van der Waals surface area contributed by atoms with Gasteiger partial charge in [0.2, 0.25) is 17.7 Å². The predicted molar refractivity (Wildman–Crippen MR) is 110 cm³/mol. The summed E-state index contributed by atoms with van der Waals surface area (Å²) in [5.41, 5.74) is 2.17. The summed E-state index contributed by atoms with van der Waals surface area (Å²) in [6.07, 6.45) is 2.35. The average molecular weight is 400 g/mol. The summed E-state index contributed by atoms with van der Waals surface area (Å²) in [6.45, 7) is 2.44. The number of nitrogens with zero attached hydrogens (tertiary/aromatic N) is 1. The van der Waals surface area contributed by atoms with Crippen molar-refractivity contribution in [1.29, 1.82) is 0 Å². The zero-order chi connectivity index (χ0) is 19.9. The molecule has 2 heterocycles. The number of rotatable bonds is 7. The second kappa shape index (κ2) is 9.50. The Hall–Kier alpha value is -2.67. The monoisotopic (exact) mass is 399 g/mol. The van der Waals surface area contributed by atoms with E-state index in [-0.39, 0.29) is 43.1 Å². The molecule has 148 valence electrons. The lowest BCUT2D eigenvalue weighted by molar-refractivity contribution is -0.122. The molecule has 0 saturated carbocycles. The van der Waals surface area contributed by atoms with Crippen molar-refractivity contribution in [1.82, 2.24) is 10.6 Å². The van der Waals surface area contributed by atoms with Gasteiger partial charge < -0.3 is 15.5 Å². The van der Waals surface area contributed by atoms with Gasteiger partial charge in [0, 0.05) is 37.0 Å². The lowest BCUT2D eigenvalue weighted by Gasteiger charge is -2.29. The maximum absolute atomic E-state index is 12.6. The molecule has 2 aromatic rings. The van der Waals surface area contributed by atoms with Gasteiger partial charge in [0.25, 0.3) is 0 Å². The summed E-state index contributed by atoms with van der Waals surface area (Å²) in [7, 11) is 0. The number of amides is 3. The number of hydrogen-bond acceptors (Lipinski definition) is 4. The van der Waals surface area contributed by atoms with E-state index in [2.05, 4.69) is 16.7 Å². The van der Waals surface area contributed by atoms with Crippen molar-refractivity contribution in [3.8, 4) is 0 Å². The normalized spacial score (nSPS) is 14.1. The Kier molecular flexibility index (Phi) is 6.81. The van der Waals surface area contributed by atoms with Crippen LogP contribution in [-0.2, 0) is 20.8 Å². The van der Waals surface area contributed by atoms with Crippen LogP contribution < -0.4 is 15.5 Å². The number of hydrogen-bond donors (Lipinski definition) is 2. The van der Waals surface area contributed by atoms with E-state index in [9.17, 15) is 14.4 Å². The minimum Gasteiger partial charge on any atom is -0.356 e. The summed E-state index contributed by atoms with van der Waals surface area (Å²) < 4.78 is 0. The highest BCUT2D eigenvalue weighted by molar-refractivity contribution is 7.10. The van der Waals surface area contributed by atoms with E-state index in [1.165, 1.54) is 23.8 Å². The summed E-state index contributed by atoms with van der Waals surface area (Å²) in [4.78, 5) is 39.1. The molecule has 0 unspecified atom stereocenters. The van der Waals surface area contributed by atoms with E-state index >= 15 is 0 Å². The van der Waals surface area contributed by atoms with Gasteiger partial charge >= 0.3 is 0 Å². The molecule has 3 rings (SSSR count). The van der Waals surface area contributed by atoms with Gasteiger partial charge in [-0.25, -0.2) is 0 Å². The number of thiophene rings is 1. The molecule has 1 aromatic carbocycles. The zero-order valence-electron chi connectivity index (χ0n) is 15.9. The van der Waals surface area contributed by atoms with Crippen LogP contribution in [-0.4, -0.2) is 30.8 Å². The van der Waals surface area contributed by atoms with E-state index < -0.39 is 0 Å². The van der Waals surface area contributed by atoms with Crippen LogP contribution in [0.25, 0.3) is 0 Å². The van der Waals surface area contributed by atoms with Gasteiger partial charge in [-0.2, -0.15) is 0 Å². The van der Waals surface area contributed by atoms with Crippen molar-refractivity contribution in [3.05, 3.63) is 52.2 Å². The van der Waals surface area contributed by atoms with Crippen molar-refractivity contribution in [2.75, 3.05) is 18.0 Å². The number of fused-ring (bicyclic) bond motifs is 1. The summed E-state index contributed by atoms with van der Waals surface area (Å²) in [6, 6.07) is 11.4. The SMILES string of the molecule is CC(=O)N[C@@H](CC(=O)NCCC(=O)N1CCCc2ccccc21)c1cccs1. The first kappa shape index (κ1) is 20.1. The Morgan fingerprint density at radius 3 is 2.75 bits per heavy atom. The smallest absolute Gasteiger partial charge is 0.228 e. The molecule has 6 nitrogen and oxygen atoms in total. The van der Waals surface area contributed by atoms with Gasteiger partial charge in [-0.3, -0.25) is 14.4 Å². The average Bonchev–Trinajstić information content (AvgIpc) is 3.21. The minimum absolute atomic E-state index is 0.0177. The van der Waals surface area contributed by atoms with Crippen molar-refractivity contribution in [2.24, 2.45) is 0 Å². The molecule has 1 atom stereocenters. The van der Waals surface area contributed by atoms with Crippen LogP contribution in [0.4, 0.5) is 5.69 Å². The number of benzene rings is 1. The molecule has 1 aliphatic rings. The first-order valence-corrected chi connectivity index (χ1v) is 10.4. The number of nitrogens with one attached hydrogen (secondary N) is 2. The van der Waals surface area contributed by atoms with E-state index in [0.717, 1.165) is 23.4 Å². The van der Waals surface area contributed by atoms with Crippen molar-refractivity contribution in [3.63, 3.8) is 0 Å². The van der Waals surface area contributed by atoms with Gasteiger partial charge in [-0.05, 0) is 35.9 Å². The second-order valence-electron chi connectivity index (χ2n) is 6.85. The Bertz CT molecular complexity index is 835. The molecule has 2 N–H and O–H groups in total. The maximum atomic E-state index is 12.6. The molecule has 0 fully saturated rings. The highest BCUT2D eigenvalue weighted by atomic mass is 32.1. The highest BCUT2D eigenvalue weighted by Gasteiger charge is 2.22. The largest absolute Gasteiger partial charge is 0.356 e. The van der Waals surface area contributed by atoms with E-state index in [1.807, 2.05) is 40.6 Å². The first-order chi connectivity index (χ1) is 13.5. The topological polar surface area (TPSA) is 78.5 Å². The van der Waals surface area contributed by atoms with Gasteiger partial charge in [0.1, 0.15) is 0 Å². The molecular formula is C21H25N3O3S. The number of anilines is 1. The standard InChI is InChI=1S/C21H25N3O3S/c1-15(25)23-17(19-9-5-13-28-19)14-20(26)22-11-10-21(27)24-12-4-7-16-6-2-3-8-18(16)24/h2-3,5-6,8-9,13,17H,4,7,10-12,14H2,1H3,(H,22,26)(H,23,25)/t17-/m0/s1. The molecule has 1 aliphatic heterocycles. The third kappa shape index (κ3) is 5.19. The Balaban J connectivity index is 1.50. The predicted octanol–water partition coefficient (Wildman–Crippen LogP) is 2.80. The second-order valence-corrected chi connectivity index (χ2v) is 7.83. The van der Waals surface area contributed by atoms with E-state index in [4.69, 9.17) is 0 Å². The molecular weight excluding hydrogens is 374 g/mol. The lowest BCUT2D eigenvalue weighted by Crippen LogP contribution is -2.38. The quantitative estimate of drug-likeness (QED) is 0.751. The van der Waals surface area contributed by atoms with Gasteiger partial charge in [-0.1, -0.05) is 24.3 Å². The number of carbonyl (C=O) groups is 3. The molecule has 1 aromatic heterocycles. The van der Waals surface area contributed by atoms with Crippen LogP contribution in [0.15, 0.2) is 41.8 Å². The fraction of sp³-hybridized carbons (Fsp3) is 0.381. The van der Waals surface area contributed by atoms with Gasteiger partial charge in [-0.15, -0.1) is 11.3 Å². The van der Waals surface area contributed by atoms with Crippen LogP contribution in [0.3, 0.4) is 0 Å². The maximum Gasteiger partial charge on any atom is 0.228 e. The number of para-hydroxylation sites is 1. The highest BCUT2D eigenvalue weighted by Crippen LogP contribution is 2.27. The van der Waals surface area contributed by atoms with E-state index in [0.29, 0.717) is 6.54 Å². The van der Waals surface area contributed by atoms with Gasteiger partial charge in [0.05, 0.1) is 12.5 Å². The van der Waals surface area contributed by atoms with E-state index in [1.54, 1.807) is 0 Å². The first-order valence-electron chi connectivity index (χ1n) is 9.50. The minimum atomic E-state index is -0.345. The van der Waals surface area contributed by atoms with Crippen LogP contribution >= 0.6 is 11.3 Å². The summed E-state index contributed by atoms with van der Waals surface area (Å²) in [5, 5.41) is 7.53. The summed E-state index contributed by atoms with van der Waals surface area (Å²) in [5.74, 6) is -0.340. The zero-order valence-corrected chi connectivity index (χ0v) is 16.8.